The molecule has 0 aromatic heterocycles. The summed E-state index contributed by atoms with van der Waals surface area (Å²) in [4.78, 5) is 0. The van der Waals surface area contributed by atoms with E-state index in [1.165, 1.54) is 5.56 Å². The van der Waals surface area contributed by atoms with Crippen molar-refractivity contribution in [1.29, 1.82) is 0 Å². The first-order chi connectivity index (χ1) is 10.2. The van der Waals surface area contributed by atoms with Crippen molar-refractivity contribution in [3.8, 4) is 5.75 Å². The fourth-order valence-electron chi connectivity index (χ4n) is 2.03. The zero-order valence-corrected chi connectivity index (χ0v) is 13.1. The van der Waals surface area contributed by atoms with E-state index in [0.717, 1.165) is 12.0 Å². The Morgan fingerprint density at radius 3 is 2.57 bits per heavy atom. The summed E-state index contributed by atoms with van der Waals surface area (Å²) in [5, 5.41) is 0. The maximum atomic E-state index is 12.1. The van der Waals surface area contributed by atoms with Crippen LogP contribution in [0.2, 0.25) is 0 Å². The van der Waals surface area contributed by atoms with Crippen LogP contribution in [-0.4, -0.2) is 16.6 Å². The van der Waals surface area contributed by atoms with Gasteiger partial charge in [0.1, 0.15) is 5.75 Å². The zero-order valence-electron chi connectivity index (χ0n) is 12.2. The molecule has 0 fully saturated rings. The van der Waals surface area contributed by atoms with Crippen LogP contribution >= 0.6 is 0 Å². The number of nitrogen functional groups attached to an aromatic ring is 1. The Bertz CT molecular complexity index is 613. The number of hydrogen-bond donors (Lipinski definition) is 1. The summed E-state index contributed by atoms with van der Waals surface area (Å²) < 4.78 is 17.7. The quantitative estimate of drug-likeness (QED) is 0.631. The minimum atomic E-state index is -0.856. The van der Waals surface area contributed by atoms with Gasteiger partial charge in [-0.1, -0.05) is 36.4 Å². The summed E-state index contributed by atoms with van der Waals surface area (Å²) in [5.74, 6) is 1.95. The highest BCUT2D eigenvalue weighted by atomic mass is 32.2. The summed E-state index contributed by atoms with van der Waals surface area (Å²) in [6.07, 6.45) is 0.757. The molecule has 112 valence electrons. The molecule has 2 N–H and O–H groups in total. The van der Waals surface area contributed by atoms with E-state index >= 15 is 0 Å². The minimum absolute atomic E-state index is 0.535. The number of ether oxygens (including phenoxy) is 1. The van der Waals surface area contributed by atoms with E-state index < -0.39 is 10.8 Å². The Morgan fingerprint density at radius 2 is 1.81 bits per heavy atom. The Morgan fingerprint density at radius 1 is 1.10 bits per heavy atom. The Kier molecular flexibility index (Phi) is 5.81. The van der Waals surface area contributed by atoms with Gasteiger partial charge < -0.3 is 10.5 Å². The first kappa shape index (κ1) is 15.6. The molecule has 1 unspecified atom stereocenters. The number of aryl methyl sites for hydroxylation is 1. The van der Waals surface area contributed by atoms with Crippen molar-refractivity contribution in [2.24, 2.45) is 0 Å². The number of anilines is 1. The second-order valence-electron chi connectivity index (χ2n) is 4.95. The van der Waals surface area contributed by atoms with E-state index in [2.05, 4.69) is 0 Å². The number of benzene rings is 2. The van der Waals surface area contributed by atoms with Gasteiger partial charge in [-0.15, -0.1) is 0 Å². The molecule has 2 aromatic carbocycles. The van der Waals surface area contributed by atoms with Gasteiger partial charge in [-0.3, -0.25) is 4.21 Å². The van der Waals surface area contributed by atoms with Gasteiger partial charge in [0.2, 0.25) is 0 Å². The summed E-state index contributed by atoms with van der Waals surface area (Å²) in [7, 11) is -0.856. The lowest BCUT2D eigenvalue weighted by Gasteiger charge is -2.09. The van der Waals surface area contributed by atoms with Gasteiger partial charge in [-0.25, -0.2) is 0 Å². The van der Waals surface area contributed by atoms with Crippen LogP contribution in [0, 0.1) is 6.92 Å². The van der Waals surface area contributed by atoms with Gasteiger partial charge in [0.25, 0.3) is 0 Å². The Labute approximate surface area is 128 Å². The van der Waals surface area contributed by atoms with Crippen LogP contribution < -0.4 is 10.5 Å². The van der Waals surface area contributed by atoms with E-state index in [1.54, 1.807) is 0 Å². The predicted molar refractivity (Wildman–Crippen MR) is 88.9 cm³/mol. The summed E-state index contributed by atoms with van der Waals surface area (Å²) >= 11 is 0. The van der Waals surface area contributed by atoms with Crippen molar-refractivity contribution in [2.45, 2.75) is 19.1 Å². The van der Waals surface area contributed by atoms with E-state index in [4.69, 9.17) is 10.5 Å². The summed E-state index contributed by atoms with van der Waals surface area (Å²) in [6, 6.07) is 15.5. The SMILES string of the molecule is Cc1ccccc1CS(=O)CCCOc1ccccc1N. The van der Waals surface area contributed by atoms with E-state index in [-0.39, 0.29) is 0 Å². The van der Waals surface area contributed by atoms with E-state index in [1.807, 2.05) is 55.5 Å². The lowest BCUT2D eigenvalue weighted by Crippen LogP contribution is -2.07. The van der Waals surface area contributed by atoms with Crippen molar-refractivity contribution in [2.75, 3.05) is 18.1 Å². The zero-order chi connectivity index (χ0) is 15.1. The molecular formula is C17H21NO2S. The molecule has 1 atom stereocenters. The fourth-order valence-corrected chi connectivity index (χ4v) is 3.29. The predicted octanol–water partition coefficient (Wildman–Crippen LogP) is 3.30. The van der Waals surface area contributed by atoms with Crippen molar-refractivity contribution in [3.05, 3.63) is 59.7 Å². The van der Waals surface area contributed by atoms with Gasteiger partial charge in [-0.05, 0) is 36.6 Å². The summed E-state index contributed by atoms with van der Waals surface area (Å²) in [5.41, 5.74) is 8.78. The highest BCUT2D eigenvalue weighted by molar-refractivity contribution is 7.84. The van der Waals surface area contributed by atoms with Crippen LogP contribution in [-0.2, 0) is 16.6 Å². The first-order valence-corrected chi connectivity index (χ1v) is 8.52. The molecule has 0 bridgehead atoms. The third kappa shape index (κ3) is 4.90. The highest BCUT2D eigenvalue weighted by Gasteiger charge is 2.05. The van der Waals surface area contributed by atoms with Crippen molar-refractivity contribution in [3.63, 3.8) is 0 Å². The molecule has 3 nitrogen and oxygen atoms in total. The molecule has 0 saturated heterocycles. The fraction of sp³-hybridized carbons (Fsp3) is 0.294. The molecule has 0 aliphatic rings. The number of nitrogens with two attached hydrogens (primary N) is 1. The molecule has 0 radical (unpaired) electrons. The van der Waals surface area contributed by atoms with Crippen LogP contribution in [0.3, 0.4) is 0 Å². The van der Waals surface area contributed by atoms with E-state index in [0.29, 0.717) is 29.5 Å². The molecule has 0 amide bonds. The van der Waals surface area contributed by atoms with Crippen molar-refractivity contribution < 1.29 is 8.95 Å². The monoisotopic (exact) mass is 303 g/mol. The summed E-state index contributed by atoms with van der Waals surface area (Å²) in [6.45, 7) is 2.58. The molecule has 0 aliphatic carbocycles. The molecule has 4 heteroatoms. The normalized spacial score (nSPS) is 12.0. The number of para-hydroxylation sites is 2. The molecule has 0 spiro atoms. The molecular weight excluding hydrogens is 282 g/mol. The Balaban J connectivity index is 1.73. The molecule has 2 aromatic rings. The smallest absolute Gasteiger partial charge is 0.142 e. The van der Waals surface area contributed by atoms with Crippen molar-refractivity contribution in [1.82, 2.24) is 0 Å². The average molecular weight is 303 g/mol. The average Bonchev–Trinajstić information content (AvgIpc) is 2.48. The third-order valence-electron chi connectivity index (χ3n) is 3.27. The maximum absolute atomic E-state index is 12.1. The highest BCUT2D eigenvalue weighted by Crippen LogP contribution is 2.19. The van der Waals surface area contributed by atoms with Gasteiger partial charge in [-0.2, -0.15) is 0 Å². The van der Waals surface area contributed by atoms with Crippen LogP contribution in [0.15, 0.2) is 48.5 Å². The first-order valence-electron chi connectivity index (χ1n) is 7.03. The van der Waals surface area contributed by atoms with Crippen molar-refractivity contribution >= 4 is 16.5 Å². The standard InChI is InChI=1S/C17H21NO2S/c1-14-7-2-3-8-15(14)13-21(19)12-6-11-20-17-10-5-4-9-16(17)18/h2-5,7-10H,6,11-13,18H2,1H3. The molecule has 2 rings (SSSR count). The molecule has 21 heavy (non-hydrogen) atoms. The van der Waals surface area contributed by atoms with Crippen LogP contribution in [0.5, 0.6) is 5.75 Å². The second kappa shape index (κ2) is 7.84. The molecule has 0 heterocycles. The number of hydrogen-bond acceptors (Lipinski definition) is 3. The van der Waals surface area contributed by atoms with Crippen LogP contribution in [0.25, 0.3) is 0 Å². The van der Waals surface area contributed by atoms with Gasteiger partial charge in [0.05, 0.1) is 12.3 Å². The lowest BCUT2D eigenvalue weighted by molar-refractivity contribution is 0.320. The Hall–Kier alpha value is -1.81. The van der Waals surface area contributed by atoms with Crippen LogP contribution in [0.1, 0.15) is 17.5 Å². The van der Waals surface area contributed by atoms with Crippen LogP contribution in [0.4, 0.5) is 5.69 Å². The van der Waals surface area contributed by atoms with Gasteiger partial charge in [0.15, 0.2) is 0 Å². The largest absolute Gasteiger partial charge is 0.491 e. The molecule has 0 aliphatic heterocycles. The topological polar surface area (TPSA) is 52.3 Å². The maximum Gasteiger partial charge on any atom is 0.142 e. The lowest BCUT2D eigenvalue weighted by atomic mass is 10.1. The molecule has 0 saturated carbocycles. The second-order valence-corrected chi connectivity index (χ2v) is 6.53. The third-order valence-corrected chi connectivity index (χ3v) is 4.65. The van der Waals surface area contributed by atoms with Gasteiger partial charge >= 0.3 is 0 Å². The minimum Gasteiger partial charge on any atom is -0.491 e. The number of rotatable bonds is 7. The van der Waals surface area contributed by atoms with Gasteiger partial charge in [0, 0.05) is 22.3 Å². The van der Waals surface area contributed by atoms with E-state index in [9.17, 15) is 4.21 Å².